The van der Waals surface area contributed by atoms with Crippen LogP contribution in [0.4, 0.5) is 0 Å². The highest BCUT2D eigenvalue weighted by molar-refractivity contribution is 5.76. The summed E-state index contributed by atoms with van der Waals surface area (Å²) in [6.45, 7) is 3.43. The molecule has 0 saturated carbocycles. The lowest BCUT2D eigenvalue weighted by molar-refractivity contribution is -0.130. The smallest absolute Gasteiger partial charge is 0.233 e. The third-order valence-electron chi connectivity index (χ3n) is 3.68. The molecule has 1 aromatic carbocycles. The summed E-state index contributed by atoms with van der Waals surface area (Å²) >= 11 is 0. The van der Waals surface area contributed by atoms with Gasteiger partial charge in [0, 0.05) is 19.4 Å². The highest BCUT2D eigenvalue weighted by Gasteiger charge is 2.27. The summed E-state index contributed by atoms with van der Waals surface area (Å²) in [6.07, 6.45) is 4.02. The Hall–Kier alpha value is -2.17. The topological polar surface area (TPSA) is 55.3 Å². The number of amides is 1. The van der Waals surface area contributed by atoms with E-state index in [2.05, 4.69) is 9.97 Å². The predicted octanol–water partition coefficient (Wildman–Crippen LogP) is 2.41. The van der Waals surface area contributed by atoms with Crippen LogP contribution in [0.5, 0.6) is 5.88 Å². The number of ether oxygens (including phenoxy) is 1. The Morgan fingerprint density at radius 3 is 3.00 bits per heavy atom. The fourth-order valence-electron chi connectivity index (χ4n) is 2.59. The van der Waals surface area contributed by atoms with Crippen LogP contribution < -0.4 is 4.74 Å². The molecule has 110 valence electrons. The van der Waals surface area contributed by atoms with E-state index >= 15 is 0 Å². The lowest BCUT2D eigenvalue weighted by Gasteiger charge is -2.16. The first kappa shape index (κ1) is 13.8. The number of hydrogen-bond acceptors (Lipinski definition) is 4. The van der Waals surface area contributed by atoms with Crippen LogP contribution in [-0.2, 0) is 4.79 Å². The van der Waals surface area contributed by atoms with Crippen LogP contribution in [-0.4, -0.2) is 40.0 Å². The first-order valence-corrected chi connectivity index (χ1v) is 7.42. The Balaban J connectivity index is 1.65. The summed E-state index contributed by atoms with van der Waals surface area (Å²) in [5.41, 5.74) is 1.68. The third kappa shape index (κ3) is 3.12. The van der Waals surface area contributed by atoms with Crippen molar-refractivity contribution in [3.63, 3.8) is 0 Å². The Bertz CT molecular complexity index is 644. The van der Waals surface area contributed by atoms with Crippen LogP contribution in [0.2, 0.25) is 0 Å². The molecular formula is C16H19N3O2. The number of carbonyl (C=O) groups is 1. The summed E-state index contributed by atoms with van der Waals surface area (Å²) in [7, 11) is 0. The van der Waals surface area contributed by atoms with Gasteiger partial charge in [-0.3, -0.25) is 4.79 Å². The summed E-state index contributed by atoms with van der Waals surface area (Å²) in [5, 5.41) is 0. The van der Waals surface area contributed by atoms with Gasteiger partial charge in [-0.05, 0) is 18.6 Å². The number of rotatable bonds is 4. The van der Waals surface area contributed by atoms with Gasteiger partial charge in [0.25, 0.3) is 0 Å². The SMILES string of the molecule is CCCC(=O)N1CCC(Oc2cnc3ccccc3n2)C1. The first-order chi connectivity index (χ1) is 10.3. The van der Waals surface area contributed by atoms with Crippen molar-refractivity contribution in [2.24, 2.45) is 0 Å². The fourth-order valence-corrected chi connectivity index (χ4v) is 2.59. The molecule has 1 amide bonds. The maximum Gasteiger partial charge on any atom is 0.233 e. The van der Waals surface area contributed by atoms with Crippen LogP contribution >= 0.6 is 0 Å². The van der Waals surface area contributed by atoms with Crippen LogP contribution in [0.3, 0.4) is 0 Å². The molecule has 0 N–H and O–H groups in total. The van der Waals surface area contributed by atoms with Crippen molar-refractivity contribution in [2.75, 3.05) is 13.1 Å². The second kappa shape index (κ2) is 6.08. The largest absolute Gasteiger partial charge is 0.471 e. The first-order valence-electron chi connectivity index (χ1n) is 7.42. The molecule has 1 fully saturated rings. The average Bonchev–Trinajstić information content (AvgIpc) is 2.96. The van der Waals surface area contributed by atoms with Crippen molar-refractivity contribution in [3.05, 3.63) is 30.5 Å². The standard InChI is InChI=1S/C16H19N3O2/c1-2-5-16(20)19-9-8-12(11-19)21-15-10-17-13-6-3-4-7-14(13)18-15/h3-4,6-7,10,12H,2,5,8-9,11H2,1H3. The van der Waals surface area contributed by atoms with Crippen LogP contribution in [0.15, 0.2) is 30.5 Å². The lowest BCUT2D eigenvalue weighted by atomic mass is 10.3. The van der Waals surface area contributed by atoms with Gasteiger partial charge in [0.1, 0.15) is 6.10 Å². The minimum absolute atomic E-state index is 0.0151. The van der Waals surface area contributed by atoms with Crippen molar-refractivity contribution in [1.82, 2.24) is 14.9 Å². The molecule has 0 aliphatic carbocycles. The molecule has 1 aliphatic rings. The van der Waals surface area contributed by atoms with Crippen molar-refractivity contribution in [2.45, 2.75) is 32.3 Å². The maximum atomic E-state index is 11.9. The van der Waals surface area contributed by atoms with E-state index in [0.717, 1.165) is 30.4 Å². The van der Waals surface area contributed by atoms with E-state index in [0.29, 0.717) is 18.8 Å². The molecular weight excluding hydrogens is 266 g/mol. The van der Waals surface area contributed by atoms with E-state index < -0.39 is 0 Å². The zero-order chi connectivity index (χ0) is 14.7. The minimum Gasteiger partial charge on any atom is -0.471 e. The summed E-state index contributed by atoms with van der Waals surface area (Å²) < 4.78 is 5.87. The summed E-state index contributed by atoms with van der Waals surface area (Å²) in [5.74, 6) is 0.747. The quantitative estimate of drug-likeness (QED) is 0.865. The molecule has 1 aliphatic heterocycles. The van der Waals surface area contributed by atoms with Gasteiger partial charge < -0.3 is 9.64 Å². The molecule has 1 saturated heterocycles. The lowest BCUT2D eigenvalue weighted by Crippen LogP contribution is -2.30. The molecule has 1 atom stereocenters. The Labute approximate surface area is 124 Å². The van der Waals surface area contributed by atoms with Crippen LogP contribution in [0, 0.1) is 0 Å². The van der Waals surface area contributed by atoms with Crippen LogP contribution in [0.1, 0.15) is 26.2 Å². The Morgan fingerprint density at radius 2 is 2.19 bits per heavy atom. The molecule has 5 heteroatoms. The van der Waals surface area contributed by atoms with E-state index in [1.54, 1.807) is 6.20 Å². The second-order valence-electron chi connectivity index (χ2n) is 5.32. The normalized spacial score (nSPS) is 18.1. The number of aromatic nitrogens is 2. The second-order valence-corrected chi connectivity index (χ2v) is 5.32. The molecule has 0 radical (unpaired) electrons. The molecule has 1 unspecified atom stereocenters. The number of benzene rings is 1. The van der Waals surface area contributed by atoms with Gasteiger partial charge in [-0.15, -0.1) is 0 Å². The summed E-state index contributed by atoms with van der Waals surface area (Å²) in [6, 6.07) is 7.71. The van der Waals surface area contributed by atoms with Gasteiger partial charge >= 0.3 is 0 Å². The number of likely N-dealkylation sites (tertiary alicyclic amines) is 1. The maximum absolute atomic E-state index is 11.9. The highest BCUT2D eigenvalue weighted by atomic mass is 16.5. The third-order valence-corrected chi connectivity index (χ3v) is 3.68. The number of nitrogens with zero attached hydrogens (tertiary/aromatic N) is 3. The van der Waals surface area contributed by atoms with E-state index in [1.165, 1.54) is 0 Å². The van der Waals surface area contributed by atoms with E-state index in [1.807, 2.05) is 36.1 Å². The van der Waals surface area contributed by atoms with Gasteiger partial charge in [0.15, 0.2) is 0 Å². The molecule has 3 rings (SSSR count). The number of para-hydroxylation sites is 2. The van der Waals surface area contributed by atoms with Crippen LogP contribution in [0.25, 0.3) is 11.0 Å². The minimum atomic E-state index is 0.0151. The molecule has 2 aromatic rings. The Morgan fingerprint density at radius 1 is 1.38 bits per heavy atom. The van der Waals surface area contributed by atoms with Crippen molar-refractivity contribution < 1.29 is 9.53 Å². The van der Waals surface area contributed by atoms with Gasteiger partial charge in [0.2, 0.25) is 11.8 Å². The summed E-state index contributed by atoms with van der Waals surface area (Å²) in [4.78, 5) is 22.5. The Kier molecular flexibility index (Phi) is 3.99. The molecule has 21 heavy (non-hydrogen) atoms. The van der Waals surface area contributed by atoms with Gasteiger partial charge in [-0.25, -0.2) is 9.97 Å². The molecule has 1 aromatic heterocycles. The van der Waals surface area contributed by atoms with E-state index in [-0.39, 0.29) is 12.0 Å². The fraction of sp³-hybridized carbons (Fsp3) is 0.438. The number of hydrogen-bond donors (Lipinski definition) is 0. The molecule has 0 bridgehead atoms. The van der Waals surface area contributed by atoms with Crippen molar-refractivity contribution in [3.8, 4) is 5.88 Å². The molecule has 5 nitrogen and oxygen atoms in total. The molecule has 0 spiro atoms. The van der Waals surface area contributed by atoms with Crippen molar-refractivity contribution >= 4 is 16.9 Å². The van der Waals surface area contributed by atoms with Gasteiger partial charge in [-0.2, -0.15) is 0 Å². The zero-order valence-electron chi connectivity index (χ0n) is 12.2. The monoisotopic (exact) mass is 285 g/mol. The number of carbonyl (C=O) groups excluding carboxylic acids is 1. The highest BCUT2D eigenvalue weighted by Crippen LogP contribution is 2.19. The van der Waals surface area contributed by atoms with Crippen molar-refractivity contribution in [1.29, 1.82) is 0 Å². The average molecular weight is 285 g/mol. The number of fused-ring (bicyclic) bond motifs is 1. The van der Waals surface area contributed by atoms with E-state index in [4.69, 9.17) is 4.74 Å². The zero-order valence-corrected chi connectivity index (χ0v) is 12.2. The molecule has 2 heterocycles. The van der Waals surface area contributed by atoms with Gasteiger partial charge in [0.05, 0.1) is 23.8 Å². The predicted molar refractivity (Wildman–Crippen MR) is 80.1 cm³/mol. The van der Waals surface area contributed by atoms with Gasteiger partial charge in [-0.1, -0.05) is 19.1 Å². The van der Waals surface area contributed by atoms with E-state index in [9.17, 15) is 4.79 Å².